The fourth-order valence-corrected chi connectivity index (χ4v) is 1.38. The minimum Gasteiger partial charge on any atom is -0.304 e. The largest absolute Gasteiger partial charge is 0.304 e. The number of aromatic nitrogens is 2. The normalized spacial score (nSPS) is 10.4. The highest BCUT2D eigenvalue weighted by Gasteiger charge is 2.04. The van der Waals surface area contributed by atoms with Crippen molar-refractivity contribution in [2.45, 2.75) is 6.92 Å². The van der Waals surface area contributed by atoms with Crippen molar-refractivity contribution < 1.29 is 4.79 Å². The molecule has 4 nitrogen and oxygen atoms in total. The van der Waals surface area contributed by atoms with Gasteiger partial charge < -0.3 is 4.98 Å². The monoisotopic (exact) mass is 188 g/mol. The summed E-state index contributed by atoms with van der Waals surface area (Å²) in [6.07, 6.45) is 0.535. The van der Waals surface area contributed by atoms with Gasteiger partial charge in [0.25, 0.3) is 5.56 Å². The first-order chi connectivity index (χ1) is 6.72. The summed E-state index contributed by atoms with van der Waals surface area (Å²) < 4.78 is 0. The van der Waals surface area contributed by atoms with Gasteiger partial charge in [-0.05, 0) is 18.6 Å². The topological polar surface area (TPSA) is 62.8 Å². The van der Waals surface area contributed by atoms with Gasteiger partial charge in [-0.3, -0.25) is 9.59 Å². The second kappa shape index (κ2) is 3.06. The third-order valence-corrected chi connectivity index (χ3v) is 2.07. The molecule has 1 heterocycles. The summed E-state index contributed by atoms with van der Waals surface area (Å²) in [4.78, 5) is 28.4. The molecule has 2 rings (SSSR count). The zero-order valence-electron chi connectivity index (χ0n) is 7.57. The van der Waals surface area contributed by atoms with Gasteiger partial charge in [-0.2, -0.15) is 0 Å². The number of carbonyl (C=O) groups is 1. The van der Waals surface area contributed by atoms with Crippen LogP contribution < -0.4 is 5.56 Å². The van der Waals surface area contributed by atoms with Gasteiger partial charge in [-0.25, -0.2) is 4.98 Å². The van der Waals surface area contributed by atoms with E-state index in [9.17, 15) is 9.59 Å². The maximum absolute atomic E-state index is 11.5. The van der Waals surface area contributed by atoms with Crippen molar-refractivity contribution in [3.63, 3.8) is 0 Å². The van der Waals surface area contributed by atoms with Crippen LogP contribution in [0.3, 0.4) is 0 Å². The molecule has 0 bridgehead atoms. The van der Waals surface area contributed by atoms with Crippen molar-refractivity contribution in [3.8, 4) is 0 Å². The average Bonchev–Trinajstić information content (AvgIpc) is 2.19. The number of nitrogens with one attached hydrogen (secondary N) is 1. The van der Waals surface area contributed by atoms with Crippen LogP contribution in [0, 0.1) is 6.92 Å². The highest BCUT2D eigenvalue weighted by Crippen LogP contribution is 2.10. The van der Waals surface area contributed by atoms with Gasteiger partial charge in [0.05, 0.1) is 10.9 Å². The number of nitrogens with zero attached hydrogens (tertiary/aromatic N) is 1. The lowest BCUT2D eigenvalue weighted by Gasteiger charge is -1.99. The lowest BCUT2D eigenvalue weighted by molar-refractivity contribution is 0.111. The molecule has 0 atom stereocenters. The molecular formula is C10H8N2O2. The Morgan fingerprint density at radius 2 is 2.21 bits per heavy atom. The number of aromatic amines is 1. The van der Waals surface area contributed by atoms with Crippen LogP contribution in [0.25, 0.3) is 10.9 Å². The third-order valence-electron chi connectivity index (χ3n) is 2.07. The van der Waals surface area contributed by atoms with E-state index in [0.717, 1.165) is 5.56 Å². The Hall–Kier alpha value is -1.97. The maximum atomic E-state index is 11.5. The fourth-order valence-electron chi connectivity index (χ4n) is 1.38. The minimum absolute atomic E-state index is 0.0665. The molecule has 0 amide bonds. The predicted molar refractivity (Wildman–Crippen MR) is 52.5 cm³/mol. The predicted octanol–water partition coefficient (Wildman–Crippen LogP) is 1.04. The summed E-state index contributed by atoms with van der Waals surface area (Å²) in [5.74, 6) is 0.0665. The standard InChI is InChI=1S/C10H8N2O2/c1-6-3-2-4-7-9(6)11-8(5-13)12-10(7)14/h2-5H,1H3,(H,11,12,14). The number of para-hydroxylation sites is 1. The summed E-state index contributed by atoms with van der Waals surface area (Å²) >= 11 is 0. The molecule has 0 fully saturated rings. The molecule has 0 saturated carbocycles. The van der Waals surface area contributed by atoms with Crippen molar-refractivity contribution >= 4 is 17.2 Å². The van der Waals surface area contributed by atoms with E-state index in [0.29, 0.717) is 17.2 Å². The Morgan fingerprint density at radius 1 is 1.43 bits per heavy atom. The van der Waals surface area contributed by atoms with Crippen LogP contribution in [0.4, 0.5) is 0 Å². The molecular weight excluding hydrogens is 180 g/mol. The first kappa shape index (κ1) is 8.62. The number of fused-ring (bicyclic) bond motifs is 1. The molecule has 0 saturated heterocycles. The Labute approximate surface area is 79.6 Å². The number of H-pyrrole nitrogens is 1. The third kappa shape index (κ3) is 1.21. The Morgan fingerprint density at radius 3 is 2.93 bits per heavy atom. The molecule has 1 N–H and O–H groups in total. The molecule has 0 aliphatic carbocycles. The van der Waals surface area contributed by atoms with Crippen LogP contribution in [0.5, 0.6) is 0 Å². The van der Waals surface area contributed by atoms with E-state index < -0.39 is 0 Å². The smallest absolute Gasteiger partial charge is 0.259 e. The molecule has 70 valence electrons. The molecule has 4 heteroatoms. The number of hydrogen-bond donors (Lipinski definition) is 1. The van der Waals surface area contributed by atoms with Gasteiger partial charge in [-0.15, -0.1) is 0 Å². The summed E-state index contributed by atoms with van der Waals surface area (Å²) in [7, 11) is 0. The second-order valence-corrected chi connectivity index (χ2v) is 3.04. The van der Waals surface area contributed by atoms with E-state index in [4.69, 9.17) is 0 Å². The second-order valence-electron chi connectivity index (χ2n) is 3.04. The lowest BCUT2D eigenvalue weighted by atomic mass is 10.1. The molecule has 0 spiro atoms. The minimum atomic E-state index is -0.277. The summed E-state index contributed by atoms with van der Waals surface area (Å²) in [6, 6.07) is 5.32. The van der Waals surface area contributed by atoms with Crippen molar-refractivity contribution in [1.82, 2.24) is 9.97 Å². The number of benzene rings is 1. The summed E-state index contributed by atoms with van der Waals surface area (Å²) in [6.45, 7) is 1.85. The first-order valence-corrected chi connectivity index (χ1v) is 4.17. The van der Waals surface area contributed by atoms with Crippen LogP contribution in [0.2, 0.25) is 0 Å². The molecule has 2 aromatic rings. The van der Waals surface area contributed by atoms with Gasteiger partial charge in [0, 0.05) is 0 Å². The average molecular weight is 188 g/mol. The van der Waals surface area contributed by atoms with Gasteiger partial charge in [-0.1, -0.05) is 12.1 Å². The molecule has 0 aliphatic rings. The molecule has 14 heavy (non-hydrogen) atoms. The number of rotatable bonds is 1. The van der Waals surface area contributed by atoms with Gasteiger partial charge in [0.2, 0.25) is 0 Å². The zero-order chi connectivity index (χ0) is 10.1. The summed E-state index contributed by atoms with van der Waals surface area (Å²) in [5.41, 5.74) is 1.19. The van der Waals surface area contributed by atoms with E-state index in [-0.39, 0.29) is 11.4 Å². The van der Waals surface area contributed by atoms with Crippen LogP contribution in [-0.4, -0.2) is 16.3 Å². The Kier molecular flexibility index (Phi) is 1.89. The van der Waals surface area contributed by atoms with Crippen LogP contribution in [-0.2, 0) is 0 Å². The van der Waals surface area contributed by atoms with Gasteiger partial charge in [0.15, 0.2) is 12.1 Å². The fraction of sp³-hybridized carbons (Fsp3) is 0.100. The Bertz CT molecular complexity index is 558. The SMILES string of the molecule is Cc1cccc2c(=O)[nH]c(C=O)nc12. The zero-order valence-corrected chi connectivity index (χ0v) is 7.57. The van der Waals surface area contributed by atoms with E-state index in [2.05, 4.69) is 9.97 Å². The van der Waals surface area contributed by atoms with Crippen LogP contribution in [0.1, 0.15) is 16.2 Å². The number of aryl methyl sites for hydroxylation is 1. The van der Waals surface area contributed by atoms with Crippen molar-refractivity contribution in [3.05, 3.63) is 39.9 Å². The molecule has 1 aromatic carbocycles. The maximum Gasteiger partial charge on any atom is 0.259 e. The number of carbonyl (C=O) groups excluding carboxylic acids is 1. The van der Waals surface area contributed by atoms with E-state index in [1.54, 1.807) is 12.1 Å². The number of hydrogen-bond acceptors (Lipinski definition) is 3. The van der Waals surface area contributed by atoms with Crippen LogP contribution >= 0.6 is 0 Å². The number of aldehydes is 1. The van der Waals surface area contributed by atoms with Gasteiger partial charge in [0.1, 0.15) is 0 Å². The quantitative estimate of drug-likeness (QED) is 0.680. The Balaban J connectivity index is 2.97. The van der Waals surface area contributed by atoms with E-state index in [1.165, 1.54) is 0 Å². The molecule has 0 unspecified atom stereocenters. The van der Waals surface area contributed by atoms with E-state index in [1.807, 2.05) is 13.0 Å². The molecule has 0 aliphatic heterocycles. The van der Waals surface area contributed by atoms with E-state index >= 15 is 0 Å². The van der Waals surface area contributed by atoms with Gasteiger partial charge >= 0.3 is 0 Å². The first-order valence-electron chi connectivity index (χ1n) is 4.17. The highest BCUT2D eigenvalue weighted by molar-refractivity contribution is 5.83. The molecule has 1 aromatic heterocycles. The van der Waals surface area contributed by atoms with Crippen LogP contribution in [0.15, 0.2) is 23.0 Å². The van der Waals surface area contributed by atoms with Crippen molar-refractivity contribution in [2.24, 2.45) is 0 Å². The molecule has 0 radical (unpaired) electrons. The lowest BCUT2D eigenvalue weighted by Crippen LogP contribution is -2.11. The highest BCUT2D eigenvalue weighted by atomic mass is 16.1. The summed E-state index contributed by atoms with van der Waals surface area (Å²) in [5, 5.41) is 0.510. The van der Waals surface area contributed by atoms with Crippen molar-refractivity contribution in [1.29, 1.82) is 0 Å². The van der Waals surface area contributed by atoms with Crippen molar-refractivity contribution in [2.75, 3.05) is 0 Å².